The van der Waals surface area contributed by atoms with Crippen LogP contribution in [0.15, 0.2) is 43.0 Å². The van der Waals surface area contributed by atoms with E-state index < -0.39 is 0 Å². The Balaban J connectivity index is 1.61. The van der Waals surface area contributed by atoms with Gasteiger partial charge in [-0.25, -0.2) is 4.98 Å². The summed E-state index contributed by atoms with van der Waals surface area (Å²) < 4.78 is 2.08. The van der Waals surface area contributed by atoms with Crippen LogP contribution in [-0.2, 0) is 0 Å². The average Bonchev–Trinajstić information content (AvgIpc) is 3.23. The molecule has 0 unspecified atom stereocenters. The van der Waals surface area contributed by atoms with E-state index in [9.17, 15) is 4.79 Å². The molecular weight excluding hydrogens is 312 g/mol. The van der Waals surface area contributed by atoms with Crippen molar-refractivity contribution in [2.75, 3.05) is 13.1 Å². The van der Waals surface area contributed by atoms with E-state index in [1.165, 1.54) is 0 Å². The normalized spacial score (nSPS) is 18.5. The summed E-state index contributed by atoms with van der Waals surface area (Å²) in [5, 5.41) is 1.40. The summed E-state index contributed by atoms with van der Waals surface area (Å²) in [4.78, 5) is 22.0. The molecule has 6 heteroatoms. The molecule has 1 atom stereocenters. The minimum atomic E-state index is -0.0315. The molecule has 1 saturated heterocycles. The van der Waals surface area contributed by atoms with E-state index in [1.54, 1.807) is 6.20 Å². The van der Waals surface area contributed by atoms with Gasteiger partial charge < -0.3 is 14.5 Å². The molecule has 0 aliphatic carbocycles. The molecule has 23 heavy (non-hydrogen) atoms. The van der Waals surface area contributed by atoms with E-state index >= 15 is 0 Å². The number of hydrogen-bond donors (Lipinski definition) is 1. The van der Waals surface area contributed by atoms with E-state index in [1.807, 2.05) is 41.7 Å². The zero-order valence-electron chi connectivity index (χ0n) is 12.6. The first kappa shape index (κ1) is 14.3. The molecule has 0 spiro atoms. The van der Waals surface area contributed by atoms with Crippen molar-refractivity contribution < 1.29 is 4.79 Å². The number of nitrogens with one attached hydrogen (secondary N) is 1. The zero-order valence-corrected chi connectivity index (χ0v) is 13.3. The summed E-state index contributed by atoms with van der Waals surface area (Å²) in [5.74, 6) is -0.0315. The zero-order chi connectivity index (χ0) is 15.8. The predicted molar refractivity (Wildman–Crippen MR) is 89.7 cm³/mol. The van der Waals surface area contributed by atoms with Crippen molar-refractivity contribution in [1.82, 2.24) is 19.4 Å². The third-order valence-electron chi connectivity index (χ3n) is 4.49. The molecule has 3 aromatic rings. The van der Waals surface area contributed by atoms with Crippen molar-refractivity contribution in [3.05, 3.63) is 53.7 Å². The fourth-order valence-corrected chi connectivity index (χ4v) is 3.57. The van der Waals surface area contributed by atoms with Gasteiger partial charge in [0, 0.05) is 36.4 Å². The van der Waals surface area contributed by atoms with E-state index in [0.717, 1.165) is 30.3 Å². The Morgan fingerprint density at radius 1 is 1.35 bits per heavy atom. The molecule has 1 N–H and O–H groups in total. The van der Waals surface area contributed by atoms with E-state index in [0.29, 0.717) is 17.3 Å². The maximum Gasteiger partial charge on any atom is 0.271 e. The molecule has 0 saturated carbocycles. The van der Waals surface area contributed by atoms with Gasteiger partial charge in [-0.3, -0.25) is 4.79 Å². The minimum absolute atomic E-state index is 0.0315. The van der Waals surface area contributed by atoms with Crippen LogP contribution in [0.3, 0.4) is 0 Å². The molecule has 118 valence electrons. The first-order chi connectivity index (χ1) is 11.2. The number of nitrogens with zero attached hydrogens (tertiary/aromatic N) is 3. The average molecular weight is 329 g/mol. The summed E-state index contributed by atoms with van der Waals surface area (Å²) in [6, 6.07) is 7.99. The van der Waals surface area contributed by atoms with Gasteiger partial charge >= 0.3 is 0 Å². The number of fused-ring (bicyclic) bond motifs is 1. The summed E-state index contributed by atoms with van der Waals surface area (Å²) in [5.41, 5.74) is 1.38. The maximum atomic E-state index is 12.9. The molecule has 2 aromatic heterocycles. The first-order valence-corrected chi connectivity index (χ1v) is 8.15. The van der Waals surface area contributed by atoms with Crippen LogP contribution >= 0.6 is 11.6 Å². The largest absolute Gasteiger partial charge is 0.349 e. The molecule has 5 nitrogen and oxygen atoms in total. The Morgan fingerprint density at radius 3 is 3.00 bits per heavy atom. The molecule has 3 heterocycles. The first-order valence-electron chi connectivity index (χ1n) is 7.77. The van der Waals surface area contributed by atoms with Gasteiger partial charge in [0.2, 0.25) is 0 Å². The number of amides is 1. The molecule has 1 fully saturated rings. The van der Waals surface area contributed by atoms with Gasteiger partial charge in [-0.2, -0.15) is 0 Å². The SMILES string of the molecule is O=C(c1[nH]c2ccccc2c1Cl)N1CCC[C@H](n2ccnc2)C1. The van der Waals surface area contributed by atoms with Gasteiger partial charge in [0.05, 0.1) is 17.4 Å². The molecule has 1 amide bonds. The summed E-state index contributed by atoms with van der Waals surface area (Å²) in [6.07, 6.45) is 7.57. The Labute approximate surface area is 138 Å². The number of aromatic nitrogens is 3. The van der Waals surface area contributed by atoms with Gasteiger partial charge in [0.25, 0.3) is 5.91 Å². The molecule has 1 aliphatic heterocycles. The van der Waals surface area contributed by atoms with E-state index in [-0.39, 0.29) is 11.9 Å². The summed E-state index contributed by atoms with van der Waals surface area (Å²) >= 11 is 6.41. The lowest BCUT2D eigenvalue weighted by Crippen LogP contribution is -2.40. The Morgan fingerprint density at radius 2 is 2.22 bits per heavy atom. The van der Waals surface area contributed by atoms with Gasteiger partial charge in [-0.05, 0) is 18.9 Å². The highest BCUT2D eigenvalue weighted by Gasteiger charge is 2.27. The highest BCUT2D eigenvalue weighted by atomic mass is 35.5. The number of carbonyl (C=O) groups excluding carboxylic acids is 1. The van der Waals surface area contributed by atoms with Gasteiger partial charge in [0.15, 0.2) is 0 Å². The van der Waals surface area contributed by atoms with Crippen LogP contribution in [0, 0.1) is 0 Å². The fourth-order valence-electron chi connectivity index (χ4n) is 3.28. The van der Waals surface area contributed by atoms with Crippen molar-refractivity contribution in [1.29, 1.82) is 0 Å². The molecule has 4 rings (SSSR count). The second-order valence-electron chi connectivity index (χ2n) is 5.92. The molecule has 1 aliphatic rings. The van der Waals surface area contributed by atoms with Crippen molar-refractivity contribution in [3.63, 3.8) is 0 Å². The third kappa shape index (κ3) is 2.51. The van der Waals surface area contributed by atoms with Crippen molar-refractivity contribution in [3.8, 4) is 0 Å². The summed E-state index contributed by atoms with van der Waals surface area (Å²) in [6.45, 7) is 1.44. The van der Waals surface area contributed by atoms with E-state index in [4.69, 9.17) is 11.6 Å². The minimum Gasteiger partial charge on any atom is -0.349 e. The topological polar surface area (TPSA) is 53.9 Å². The number of carbonyl (C=O) groups is 1. The number of imidazole rings is 1. The third-order valence-corrected chi connectivity index (χ3v) is 4.88. The number of likely N-dealkylation sites (tertiary alicyclic amines) is 1. The van der Waals surface area contributed by atoms with E-state index in [2.05, 4.69) is 14.5 Å². The van der Waals surface area contributed by atoms with Crippen LogP contribution in [0.1, 0.15) is 29.4 Å². The van der Waals surface area contributed by atoms with Crippen LogP contribution < -0.4 is 0 Å². The van der Waals surface area contributed by atoms with Crippen molar-refractivity contribution >= 4 is 28.4 Å². The van der Waals surface area contributed by atoms with Crippen LogP contribution in [0.5, 0.6) is 0 Å². The Bertz CT molecular complexity index is 840. The quantitative estimate of drug-likeness (QED) is 0.782. The Hall–Kier alpha value is -2.27. The lowest BCUT2D eigenvalue weighted by atomic mass is 10.1. The second-order valence-corrected chi connectivity index (χ2v) is 6.29. The fraction of sp³-hybridized carbons (Fsp3) is 0.294. The van der Waals surface area contributed by atoms with Crippen LogP contribution in [0.2, 0.25) is 5.02 Å². The number of hydrogen-bond acceptors (Lipinski definition) is 2. The number of aromatic amines is 1. The van der Waals surface area contributed by atoms with Crippen LogP contribution in [0.4, 0.5) is 0 Å². The molecule has 0 radical (unpaired) electrons. The standard InChI is InChI=1S/C17H17ClN4O/c18-15-13-5-1-2-6-14(13)20-16(15)17(23)21-8-3-4-12(10-21)22-9-7-19-11-22/h1-2,5-7,9,11-12,20H,3-4,8,10H2/t12-/m0/s1. The van der Waals surface area contributed by atoms with Gasteiger partial charge in [0.1, 0.15) is 5.69 Å². The highest BCUT2D eigenvalue weighted by Crippen LogP contribution is 2.30. The smallest absolute Gasteiger partial charge is 0.271 e. The monoisotopic (exact) mass is 328 g/mol. The second kappa shape index (κ2) is 5.74. The predicted octanol–water partition coefficient (Wildman–Crippen LogP) is 3.50. The van der Waals surface area contributed by atoms with Gasteiger partial charge in [-0.1, -0.05) is 29.8 Å². The number of rotatable bonds is 2. The molecule has 0 bridgehead atoms. The van der Waals surface area contributed by atoms with Gasteiger partial charge in [-0.15, -0.1) is 0 Å². The lowest BCUT2D eigenvalue weighted by molar-refractivity contribution is 0.0674. The Kier molecular flexibility index (Phi) is 3.58. The number of benzene rings is 1. The van der Waals surface area contributed by atoms with Crippen molar-refractivity contribution in [2.24, 2.45) is 0 Å². The maximum absolute atomic E-state index is 12.9. The number of H-pyrrole nitrogens is 1. The number of halogens is 1. The molecule has 1 aromatic carbocycles. The molecular formula is C17H17ClN4O. The van der Waals surface area contributed by atoms with Crippen LogP contribution in [0.25, 0.3) is 10.9 Å². The lowest BCUT2D eigenvalue weighted by Gasteiger charge is -2.33. The summed E-state index contributed by atoms with van der Waals surface area (Å²) in [7, 11) is 0. The highest BCUT2D eigenvalue weighted by molar-refractivity contribution is 6.38. The van der Waals surface area contributed by atoms with Crippen molar-refractivity contribution in [2.45, 2.75) is 18.9 Å². The number of para-hydroxylation sites is 1. The number of piperidine rings is 1. The van der Waals surface area contributed by atoms with Crippen LogP contribution in [-0.4, -0.2) is 38.4 Å².